The lowest BCUT2D eigenvalue weighted by Crippen LogP contribution is -2.40. The highest BCUT2D eigenvalue weighted by molar-refractivity contribution is 5.77. The Labute approximate surface area is 112 Å². The Morgan fingerprint density at radius 1 is 1.17 bits per heavy atom. The number of rotatable bonds is 6. The van der Waals surface area contributed by atoms with Crippen LogP contribution in [-0.2, 0) is 4.79 Å². The summed E-state index contributed by atoms with van der Waals surface area (Å²) in [5.74, 6) is 0.418. The molecule has 2 heterocycles. The zero-order chi connectivity index (χ0) is 12.8. The van der Waals surface area contributed by atoms with E-state index in [1.165, 1.54) is 51.9 Å². The molecule has 0 spiro atoms. The molecule has 2 saturated heterocycles. The van der Waals surface area contributed by atoms with Gasteiger partial charge in [-0.3, -0.25) is 9.69 Å². The standard InChI is InChI=1S/C15H28N2O/c1-2-15(18)7-6-9-16-12-8-14(13-16)17-10-4-3-5-11-17/h14H,2-13H2,1H3. The van der Waals surface area contributed by atoms with E-state index in [9.17, 15) is 4.79 Å². The Hall–Kier alpha value is -0.410. The number of hydrogen-bond acceptors (Lipinski definition) is 3. The van der Waals surface area contributed by atoms with E-state index in [1.54, 1.807) is 0 Å². The molecule has 3 nitrogen and oxygen atoms in total. The van der Waals surface area contributed by atoms with Crippen LogP contribution in [0.25, 0.3) is 0 Å². The van der Waals surface area contributed by atoms with Crippen molar-refractivity contribution in [3.63, 3.8) is 0 Å². The van der Waals surface area contributed by atoms with Crippen molar-refractivity contribution in [1.29, 1.82) is 0 Å². The van der Waals surface area contributed by atoms with Crippen LogP contribution in [0.4, 0.5) is 0 Å². The van der Waals surface area contributed by atoms with Gasteiger partial charge in [0.1, 0.15) is 5.78 Å². The maximum atomic E-state index is 11.3. The summed E-state index contributed by atoms with van der Waals surface area (Å²) in [5, 5.41) is 0. The Bertz CT molecular complexity index is 261. The second kappa shape index (κ2) is 7.25. The fourth-order valence-corrected chi connectivity index (χ4v) is 3.27. The second-order valence-corrected chi connectivity index (χ2v) is 5.84. The third-order valence-electron chi connectivity index (χ3n) is 4.48. The fourth-order valence-electron chi connectivity index (χ4n) is 3.27. The van der Waals surface area contributed by atoms with Crippen molar-refractivity contribution >= 4 is 5.78 Å². The third-order valence-corrected chi connectivity index (χ3v) is 4.48. The molecule has 0 bridgehead atoms. The van der Waals surface area contributed by atoms with Crippen molar-refractivity contribution in [2.45, 2.75) is 57.9 Å². The molecular weight excluding hydrogens is 224 g/mol. The number of carbonyl (C=O) groups is 1. The molecule has 104 valence electrons. The number of piperidine rings is 1. The lowest BCUT2D eigenvalue weighted by atomic mass is 10.1. The molecule has 0 aromatic carbocycles. The van der Waals surface area contributed by atoms with E-state index < -0.39 is 0 Å². The molecule has 0 amide bonds. The van der Waals surface area contributed by atoms with Crippen LogP contribution in [0.5, 0.6) is 0 Å². The number of Topliss-reactive ketones (excluding diaryl/α,β-unsaturated/α-hetero) is 1. The van der Waals surface area contributed by atoms with Crippen LogP contribution in [-0.4, -0.2) is 54.3 Å². The molecule has 2 fully saturated rings. The van der Waals surface area contributed by atoms with E-state index in [2.05, 4.69) is 9.80 Å². The van der Waals surface area contributed by atoms with Gasteiger partial charge in [0.05, 0.1) is 0 Å². The van der Waals surface area contributed by atoms with Crippen molar-refractivity contribution in [1.82, 2.24) is 9.80 Å². The lowest BCUT2D eigenvalue weighted by Gasteiger charge is -2.32. The summed E-state index contributed by atoms with van der Waals surface area (Å²) in [6.45, 7) is 8.18. The van der Waals surface area contributed by atoms with E-state index in [-0.39, 0.29) is 0 Å². The van der Waals surface area contributed by atoms with Gasteiger partial charge in [0.2, 0.25) is 0 Å². The molecule has 0 aromatic heterocycles. The van der Waals surface area contributed by atoms with Crippen LogP contribution in [0, 0.1) is 0 Å². The number of carbonyl (C=O) groups excluding carboxylic acids is 1. The quantitative estimate of drug-likeness (QED) is 0.725. The Morgan fingerprint density at radius 3 is 2.67 bits per heavy atom. The highest BCUT2D eigenvalue weighted by Gasteiger charge is 2.27. The van der Waals surface area contributed by atoms with Crippen LogP contribution in [0.2, 0.25) is 0 Å². The molecule has 2 aliphatic heterocycles. The van der Waals surface area contributed by atoms with Crippen molar-refractivity contribution in [2.75, 3.05) is 32.7 Å². The van der Waals surface area contributed by atoms with Crippen LogP contribution < -0.4 is 0 Å². The number of nitrogens with zero attached hydrogens (tertiary/aromatic N) is 2. The maximum absolute atomic E-state index is 11.3. The average molecular weight is 252 g/mol. The first kappa shape index (κ1) is 14.0. The molecule has 0 N–H and O–H groups in total. The molecule has 18 heavy (non-hydrogen) atoms. The first-order valence-corrected chi connectivity index (χ1v) is 7.77. The van der Waals surface area contributed by atoms with Crippen LogP contribution in [0.3, 0.4) is 0 Å². The molecule has 1 unspecified atom stereocenters. The summed E-state index contributed by atoms with van der Waals surface area (Å²) < 4.78 is 0. The monoisotopic (exact) mass is 252 g/mol. The topological polar surface area (TPSA) is 23.6 Å². The van der Waals surface area contributed by atoms with E-state index in [1.807, 2.05) is 6.92 Å². The second-order valence-electron chi connectivity index (χ2n) is 5.84. The van der Waals surface area contributed by atoms with E-state index in [0.717, 1.165) is 25.4 Å². The summed E-state index contributed by atoms with van der Waals surface area (Å²) in [5.41, 5.74) is 0. The number of likely N-dealkylation sites (tertiary alicyclic amines) is 2. The highest BCUT2D eigenvalue weighted by Crippen LogP contribution is 2.20. The van der Waals surface area contributed by atoms with Gasteiger partial charge >= 0.3 is 0 Å². The van der Waals surface area contributed by atoms with Crippen LogP contribution in [0.1, 0.15) is 51.9 Å². The van der Waals surface area contributed by atoms with Gasteiger partial charge in [-0.15, -0.1) is 0 Å². The Balaban J connectivity index is 1.63. The van der Waals surface area contributed by atoms with Crippen molar-refractivity contribution < 1.29 is 4.79 Å². The molecule has 3 heteroatoms. The third kappa shape index (κ3) is 4.06. The van der Waals surface area contributed by atoms with Gasteiger partial charge in [-0.1, -0.05) is 13.3 Å². The summed E-state index contributed by atoms with van der Waals surface area (Å²) in [6.07, 6.45) is 8.08. The predicted molar refractivity (Wildman–Crippen MR) is 74.8 cm³/mol. The van der Waals surface area contributed by atoms with E-state index in [4.69, 9.17) is 0 Å². The van der Waals surface area contributed by atoms with Gasteiger partial charge in [0.15, 0.2) is 0 Å². The predicted octanol–water partition coefficient (Wildman–Crippen LogP) is 2.31. The zero-order valence-electron chi connectivity index (χ0n) is 11.9. The molecule has 0 aromatic rings. The summed E-state index contributed by atoms with van der Waals surface area (Å²) in [6, 6.07) is 0.798. The van der Waals surface area contributed by atoms with Gasteiger partial charge in [-0.05, 0) is 51.9 Å². The highest BCUT2D eigenvalue weighted by atomic mass is 16.1. The smallest absolute Gasteiger partial charge is 0.132 e. The van der Waals surface area contributed by atoms with Crippen molar-refractivity contribution in [3.8, 4) is 0 Å². The van der Waals surface area contributed by atoms with Crippen LogP contribution in [0.15, 0.2) is 0 Å². The van der Waals surface area contributed by atoms with Gasteiger partial charge in [-0.2, -0.15) is 0 Å². The zero-order valence-corrected chi connectivity index (χ0v) is 11.9. The first-order valence-electron chi connectivity index (χ1n) is 7.77. The van der Waals surface area contributed by atoms with Gasteiger partial charge < -0.3 is 4.90 Å². The SMILES string of the molecule is CCC(=O)CCCN1CCC(N2CCCCC2)C1. The average Bonchev–Trinajstić information content (AvgIpc) is 2.88. The van der Waals surface area contributed by atoms with E-state index in [0.29, 0.717) is 12.2 Å². The van der Waals surface area contributed by atoms with Crippen molar-refractivity contribution in [3.05, 3.63) is 0 Å². The minimum atomic E-state index is 0.418. The van der Waals surface area contributed by atoms with Crippen molar-refractivity contribution in [2.24, 2.45) is 0 Å². The lowest BCUT2D eigenvalue weighted by molar-refractivity contribution is -0.118. The Morgan fingerprint density at radius 2 is 1.94 bits per heavy atom. The summed E-state index contributed by atoms with van der Waals surface area (Å²) in [7, 11) is 0. The summed E-state index contributed by atoms with van der Waals surface area (Å²) >= 11 is 0. The van der Waals surface area contributed by atoms with Gasteiger partial charge in [0.25, 0.3) is 0 Å². The van der Waals surface area contributed by atoms with Gasteiger partial charge in [0, 0.05) is 25.4 Å². The summed E-state index contributed by atoms with van der Waals surface area (Å²) in [4.78, 5) is 16.5. The minimum absolute atomic E-state index is 0.418. The first-order chi connectivity index (χ1) is 8.79. The molecule has 2 rings (SSSR count). The molecular formula is C15H28N2O. The van der Waals surface area contributed by atoms with Crippen LogP contribution >= 0.6 is 0 Å². The number of hydrogen-bond donors (Lipinski definition) is 0. The van der Waals surface area contributed by atoms with Gasteiger partial charge in [-0.25, -0.2) is 0 Å². The minimum Gasteiger partial charge on any atom is -0.302 e. The molecule has 2 aliphatic rings. The van der Waals surface area contributed by atoms with E-state index >= 15 is 0 Å². The molecule has 1 atom stereocenters. The normalized spacial score (nSPS) is 26.6. The molecule has 0 radical (unpaired) electrons. The Kier molecular flexibility index (Phi) is 5.64. The number of ketones is 1. The molecule has 0 saturated carbocycles. The largest absolute Gasteiger partial charge is 0.302 e. The fraction of sp³-hybridized carbons (Fsp3) is 0.933. The maximum Gasteiger partial charge on any atom is 0.132 e. The molecule has 0 aliphatic carbocycles.